The molecule has 2 aliphatic rings. The number of likely N-dealkylation sites (tertiary alicyclic amines) is 1. The van der Waals surface area contributed by atoms with E-state index in [0.29, 0.717) is 26.3 Å². The van der Waals surface area contributed by atoms with E-state index in [2.05, 4.69) is 22.3 Å². The molecule has 2 fully saturated rings. The predicted molar refractivity (Wildman–Crippen MR) is 90.9 cm³/mol. The summed E-state index contributed by atoms with van der Waals surface area (Å²) >= 11 is 0. The van der Waals surface area contributed by atoms with Gasteiger partial charge in [-0.05, 0) is 42.7 Å². The molecule has 126 valence electrons. The van der Waals surface area contributed by atoms with Gasteiger partial charge in [-0.3, -0.25) is 9.69 Å². The fourth-order valence-corrected chi connectivity index (χ4v) is 4.00. The molecule has 4 heteroatoms. The second kappa shape index (κ2) is 7.93. The summed E-state index contributed by atoms with van der Waals surface area (Å²) in [6.07, 6.45) is 4.09. The predicted octanol–water partition coefficient (Wildman–Crippen LogP) is 2.57. The number of nitrogens with one attached hydrogen (secondary N) is 1. The molecular weight excluding hydrogens is 288 g/mol. The third kappa shape index (κ3) is 4.33. The van der Waals surface area contributed by atoms with Crippen molar-refractivity contribution in [1.82, 2.24) is 10.2 Å². The molecule has 1 aromatic rings. The third-order valence-corrected chi connectivity index (χ3v) is 5.23. The van der Waals surface area contributed by atoms with Crippen LogP contribution in [-0.2, 0) is 22.7 Å². The van der Waals surface area contributed by atoms with Gasteiger partial charge in [0.05, 0.1) is 13.2 Å². The zero-order valence-electron chi connectivity index (χ0n) is 14.1. The molecule has 2 atom stereocenters. The minimum Gasteiger partial charge on any atom is -0.377 e. The van der Waals surface area contributed by atoms with Crippen molar-refractivity contribution in [3.8, 4) is 0 Å². The van der Waals surface area contributed by atoms with Gasteiger partial charge in [-0.15, -0.1) is 0 Å². The van der Waals surface area contributed by atoms with Gasteiger partial charge in [-0.25, -0.2) is 0 Å². The Morgan fingerprint density at radius 2 is 1.91 bits per heavy atom. The Hall–Kier alpha value is -1.39. The quantitative estimate of drug-likeness (QED) is 0.840. The van der Waals surface area contributed by atoms with Gasteiger partial charge in [0.15, 0.2) is 0 Å². The Morgan fingerprint density at radius 1 is 1.22 bits per heavy atom. The summed E-state index contributed by atoms with van der Waals surface area (Å²) in [4.78, 5) is 14.6. The number of carbonyl (C=O) groups excluding carboxylic acids is 1. The topological polar surface area (TPSA) is 41.6 Å². The average Bonchev–Trinajstić information content (AvgIpc) is 3.13. The number of ether oxygens (including phenoxy) is 1. The highest BCUT2D eigenvalue weighted by Gasteiger charge is 2.36. The molecule has 1 aliphatic heterocycles. The van der Waals surface area contributed by atoms with Crippen LogP contribution in [0.15, 0.2) is 24.3 Å². The fourth-order valence-electron chi connectivity index (χ4n) is 4.00. The number of rotatable bonds is 7. The first-order valence-corrected chi connectivity index (χ1v) is 8.90. The minimum absolute atomic E-state index is 0.135. The molecule has 1 aromatic carbocycles. The smallest absolute Gasteiger partial charge is 0.234 e. The van der Waals surface area contributed by atoms with Crippen LogP contribution in [0.4, 0.5) is 0 Å². The summed E-state index contributed by atoms with van der Waals surface area (Å²) in [5.41, 5.74) is 2.30. The lowest BCUT2D eigenvalue weighted by molar-refractivity contribution is -0.122. The van der Waals surface area contributed by atoms with Crippen molar-refractivity contribution in [3.63, 3.8) is 0 Å². The molecule has 0 aromatic heterocycles. The molecule has 1 heterocycles. The van der Waals surface area contributed by atoms with Gasteiger partial charge in [0.2, 0.25) is 5.91 Å². The largest absolute Gasteiger partial charge is 0.377 e. The van der Waals surface area contributed by atoms with E-state index in [0.717, 1.165) is 36.1 Å². The molecule has 0 radical (unpaired) electrons. The van der Waals surface area contributed by atoms with Crippen molar-refractivity contribution in [1.29, 1.82) is 0 Å². The fraction of sp³-hybridized carbons (Fsp3) is 0.632. The van der Waals surface area contributed by atoms with Gasteiger partial charge >= 0.3 is 0 Å². The lowest BCUT2D eigenvalue weighted by atomic mass is 10.0. The molecular formula is C19H28N2O2. The van der Waals surface area contributed by atoms with E-state index in [-0.39, 0.29) is 5.91 Å². The summed E-state index contributed by atoms with van der Waals surface area (Å²) in [6.45, 7) is 6.66. The first-order chi connectivity index (χ1) is 11.3. The molecule has 0 spiro atoms. The van der Waals surface area contributed by atoms with Crippen LogP contribution in [0.5, 0.6) is 0 Å². The SMILES string of the molecule is CCOCc1ccccc1CNC(=O)CN1C[C@@H]2CCC[C@H]2C1. The first kappa shape index (κ1) is 16.5. The molecule has 1 aliphatic carbocycles. The summed E-state index contributed by atoms with van der Waals surface area (Å²) in [6, 6.07) is 8.16. The van der Waals surface area contributed by atoms with Gasteiger partial charge in [0.1, 0.15) is 0 Å². The Bertz CT molecular complexity index is 520. The van der Waals surface area contributed by atoms with Crippen LogP contribution in [0, 0.1) is 11.8 Å². The maximum atomic E-state index is 12.2. The third-order valence-electron chi connectivity index (χ3n) is 5.23. The molecule has 0 bridgehead atoms. The molecule has 3 rings (SSSR count). The average molecular weight is 316 g/mol. The highest BCUT2D eigenvalue weighted by atomic mass is 16.5. The zero-order valence-corrected chi connectivity index (χ0v) is 14.1. The Kier molecular flexibility index (Phi) is 5.68. The number of hydrogen-bond acceptors (Lipinski definition) is 3. The zero-order chi connectivity index (χ0) is 16.1. The number of amides is 1. The number of fused-ring (bicyclic) bond motifs is 1. The second-order valence-electron chi connectivity index (χ2n) is 6.83. The van der Waals surface area contributed by atoms with Crippen LogP contribution < -0.4 is 5.32 Å². The summed E-state index contributed by atoms with van der Waals surface area (Å²) < 4.78 is 5.50. The van der Waals surface area contributed by atoms with E-state index in [4.69, 9.17) is 4.74 Å². The van der Waals surface area contributed by atoms with Crippen LogP contribution in [0.25, 0.3) is 0 Å². The van der Waals surface area contributed by atoms with Gasteiger partial charge in [0.25, 0.3) is 0 Å². The Labute approximate surface area is 139 Å². The van der Waals surface area contributed by atoms with Crippen molar-refractivity contribution in [2.75, 3.05) is 26.2 Å². The monoisotopic (exact) mass is 316 g/mol. The normalized spacial score (nSPS) is 23.9. The van der Waals surface area contributed by atoms with Gasteiger partial charge in [-0.2, -0.15) is 0 Å². The number of hydrogen-bond donors (Lipinski definition) is 1. The standard InChI is InChI=1S/C19H28N2O2/c1-2-23-14-18-7-4-3-6-15(18)10-20-19(22)13-21-11-16-8-5-9-17(16)12-21/h3-4,6-7,16-17H,2,5,8-14H2,1H3,(H,20,22)/t16-,17-/m0/s1. The van der Waals surface area contributed by atoms with E-state index in [1.54, 1.807) is 0 Å². The highest BCUT2D eigenvalue weighted by molar-refractivity contribution is 5.78. The van der Waals surface area contributed by atoms with Crippen LogP contribution in [0.2, 0.25) is 0 Å². The molecule has 1 saturated carbocycles. The first-order valence-electron chi connectivity index (χ1n) is 8.90. The number of nitrogens with zero attached hydrogens (tertiary/aromatic N) is 1. The van der Waals surface area contributed by atoms with Crippen LogP contribution in [-0.4, -0.2) is 37.0 Å². The van der Waals surface area contributed by atoms with E-state index >= 15 is 0 Å². The van der Waals surface area contributed by atoms with Crippen LogP contribution in [0.3, 0.4) is 0 Å². The number of benzene rings is 1. The van der Waals surface area contributed by atoms with Crippen molar-refractivity contribution < 1.29 is 9.53 Å². The van der Waals surface area contributed by atoms with Crippen molar-refractivity contribution in [3.05, 3.63) is 35.4 Å². The van der Waals surface area contributed by atoms with Crippen LogP contribution >= 0.6 is 0 Å². The summed E-state index contributed by atoms with van der Waals surface area (Å²) in [7, 11) is 0. The lowest BCUT2D eigenvalue weighted by Gasteiger charge is -2.17. The van der Waals surface area contributed by atoms with E-state index < -0.39 is 0 Å². The Morgan fingerprint density at radius 3 is 2.61 bits per heavy atom. The summed E-state index contributed by atoms with van der Waals surface area (Å²) in [5.74, 6) is 1.82. The molecule has 1 N–H and O–H groups in total. The van der Waals surface area contributed by atoms with E-state index in [9.17, 15) is 4.79 Å². The highest BCUT2D eigenvalue weighted by Crippen LogP contribution is 2.37. The Balaban J connectivity index is 1.46. The van der Waals surface area contributed by atoms with Crippen LogP contribution in [0.1, 0.15) is 37.3 Å². The van der Waals surface area contributed by atoms with E-state index in [1.165, 1.54) is 19.3 Å². The molecule has 4 nitrogen and oxygen atoms in total. The van der Waals surface area contributed by atoms with Gasteiger partial charge in [-0.1, -0.05) is 30.7 Å². The number of carbonyl (C=O) groups is 1. The lowest BCUT2D eigenvalue weighted by Crippen LogP contribution is -2.36. The van der Waals surface area contributed by atoms with Gasteiger partial charge < -0.3 is 10.1 Å². The minimum atomic E-state index is 0.135. The molecule has 1 amide bonds. The second-order valence-corrected chi connectivity index (χ2v) is 6.83. The summed E-state index contributed by atoms with van der Waals surface area (Å²) in [5, 5.41) is 3.07. The van der Waals surface area contributed by atoms with E-state index in [1.807, 2.05) is 19.1 Å². The molecule has 1 saturated heterocycles. The van der Waals surface area contributed by atoms with Crippen molar-refractivity contribution >= 4 is 5.91 Å². The maximum Gasteiger partial charge on any atom is 0.234 e. The molecule has 23 heavy (non-hydrogen) atoms. The molecule has 0 unspecified atom stereocenters. The van der Waals surface area contributed by atoms with Crippen molar-refractivity contribution in [2.24, 2.45) is 11.8 Å². The van der Waals surface area contributed by atoms with Gasteiger partial charge in [0, 0.05) is 26.2 Å². The maximum absolute atomic E-state index is 12.2. The van der Waals surface area contributed by atoms with Crippen molar-refractivity contribution in [2.45, 2.75) is 39.3 Å².